The minimum atomic E-state index is -0.0761. The highest BCUT2D eigenvalue weighted by Gasteiger charge is 2.22. The molecule has 1 aliphatic rings. The summed E-state index contributed by atoms with van der Waals surface area (Å²) in [5.41, 5.74) is 5.65. The van der Waals surface area contributed by atoms with Gasteiger partial charge in [0.2, 0.25) is 11.8 Å². The first-order chi connectivity index (χ1) is 9.04. The number of rotatable bonds is 4. The molecule has 1 aromatic rings. The van der Waals surface area contributed by atoms with E-state index in [-0.39, 0.29) is 11.9 Å². The maximum Gasteiger partial charge on any atom is 0.224 e. The third-order valence-electron chi connectivity index (χ3n) is 3.16. The third-order valence-corrected chi connectivity index (χ3v) is 3.16. The number of aromatic nitrogens is 2. The molecule has 0 spiro atoms. The second kappa shape index (κ2) is 6.12. The molecule has 19 heavy (non-hydrogen) atoms. The molecule has 0 saturated carbocycles. The number of carbonyl (C=O) groups excluding carboxylic acids is 1. The first-order valence-electron chi connectivity index (χ1n) is 6.59. The van der Waals surface area contributed by atoms with Crippen molar-refractivity contribution < 1.29 is 9.32 Å². The molecule has 0 bridgehead atoms. The van der Waals surface area contributed by atoms with Crippen LogP contribution in [0, 0.1) is 6.92 Å². The maximum atomic E-state index is 11.9. The summed E-state index contributed by atoms with van der Waals surface area (Å²) < 4.78 is 4.94. The van der Waals surface area contributed by atoms with Crippen LogP contribution in [0.5, 0.6) is 0 Å². The number of carbonyl (C=O) groups is 1. The number of nitrogens with zero attached hydrogens (tertiary/aromatic N) is 4. The van der Waals surface area contributed by atoms with Crippen LogP contribution in [-0.2, 0) is 11.3 Å². The van der Waals surface area contributed by atoms with E-state index in [0.717, 1.165) is 26.2 Å². The Bertz CT molecular complexity index is 424. The molecule has 2 heterocycles. The summed E-state index contributed by atoms with van der Waals surface area (Å²) in [5.74, 6) is 1.43. The van der Waals surface area contributed by atoms with Crippen LogP contribution in [0.3, 0.4) is 0 Å². The monoisotopic (exact) mass is 267 g/mol. The molecule has 7 heteroatoms. The van der Waals surface area contributed by atoms with Gasteiger partial charge in [-0.05, 0) is 6.92 Å². The lowest BCUT2D eigenvalue weighted by molar-refractivity contribution is -0.133. The van der Waals surface area contributed by atoms with Crippen molar-refractivity contribution in [1.29, 1.82) is 0 Å². The van der Waals surface area contributed by atoms with E-state index >= 15 is 0 Å². The second-order valence-corrected chi connectivity index (χ2v) is 5.07. The van der Waals surface area contributed by atoms with Crippen LogP contribution in [0.25, 0.3) is 0 Å². The second-order valence-electron chi connectivity index (χ2n) is 5.07. The largest absolute Gasteiger partial charge is 0.340 e. The molecule has 1 saturated heterocycles. The van der Waals surface area contributed by atoms with Crippen molar-refractivity contribution in [3.63, 3.8) is 0 Å². The molecule has 7 nitrogen and oxygen atoms in total. The van der Waals surface area contributed by atoms with Gasteiger partial charge in [-0.15, -0.1) is 0 Å². The summed E-state index contributed by atoms with van der Waals surface area (Å²) in [4.78, 5) is 20.1. The number of aryl methyl sites for hydroxylation is 1. The van der Waals surface area contributed by atoms with Crippen LogP contribution in [-0.4, -0.2) is 58.1 Å². The van der Waals surface area contributed by atoms with E-state index in [1.54, 1.807) is 6.92 Å². The van der Waals surface area contributed by atoms with Crippen LogP contribution in [0.4, 0.5) is 0 Å². The summed E-state index contributed by atoms with van der Waals surface area (Å²) >= 11 is 0. The van der Waals surface area contributed by atoms with E-state index in [9.17, 15) is 4.79 Å². The first-order valence-corrected chi connectivity index (χ1v) is 6.59. The van der Waals surface area contributed by atoms with Gasteiger partial charge in [0.05, 0.1) is 6.54 Å². The Morgan fingerprint density at radius 3 is 2.63 bits per heavy atom. The van der Waals surface area contributed by atoms with Crippen LogP contribution < -0.4 is 5.73 Å². The summed E-state index contributed by atoms with van der Waals surface area (Å²) in [5, 5.41) is 3.88. The fourth-order valence-corrected chi connectivity index (χ4v) is 2.17. The molecule has 1 aromatic heterocycles. The standard InChI is InChI=1S/C12H21N5O2/c1-9(13)7-12(18)17-5-3-16(4-6-17)8-11-14-10(2)19-15-11/h9H,3-8,13H2,1-2H3. The van der Waals surface area contributed by atoms with E-state index in [0.29, 0.717) is 24.7 Å². The van der Waals surface area contributed by atoms with Gasteiger partial charge in [-0.3, -0.25) is 9.69 Å². The predicted octanol–water partition coefficient (Wildman–Crippen LogP) is -0.240. The van der Waals surface area contributed by atoms with E-state index in [2.05, 4.69) is 15.0 Å². The number of hydrogen-bond acceptors (Lipinski definition) is 6. The number of hydrogen-bond donors (Lipinski definition) is 1. The topological polar surface area (TPSA) is 88.5 Å². The SMILES string of the molecule is Cc1nc(CN2CCN(C(=O)CC(C)N)CC2)no1. The molecule has 106 valence electrons. The summed E-state index contributed by atoms with van der Waals surface area (Å²) in [6.07, 6.45) is 0.421. The number of piperazine rings is 1. The lowest BCUT2D eigenvalue weighted by atomic mass is 10.2. The van der Waals surface area contributed by atoms with Crippen LogP contribution in [0.15, 0.2) is 4.52 Å². The van der Waals surface area contributed by atoms with Gasteiger partial charge in [0.25, 0.3) is 0 Å². The summed E-state index contributed by atoms with van der Waals surface area (Å²) in [6, 6.07) is -0.0761. The Morgan fingerprint density at radius 2 is 2.11 bits per heavy atom. The number of nitrogens with two attached hydrogens (primary N) is 1. The summed E-state index contributed by atoms with van der Waals surface area (Å²) in [6.45, 7) is 7.45. The molecule has 0 radical (unpaired) electrons. The normalized spacial score (nSPS) is 18.6. The van der Waals surface area contributed by atoms with Crippen molar-refractivity contribution >= 4 is 5.91 Å². The fraction of sp³-hybridized carbons (Fsp3) is 0.750. The smallest absolute Gasteiger partial charge is 0.224 e. The molecular weight excluding hydrogens is 246 g/mol. The molecule has 0 aliphatic carbocycles. The highest BCUT2D eigenvalue weighted by atomic mass is 16.5. The average molecular weight is 267 g/mol. The lowest BCUT2D eigenvalue weighted by Crippen LogP contribution is -2.49. The third kappa shape index (κ3) is 4.00. The van der Waals surface area contributed by atoms with Gasteiger partial charge >= 0.3 is 0 Å². The first kappa shape index (κ1) is 14.0. The molecule has 1 aliphatic heterocycles. The van der Waals surface area contributed by atoms with Crippen molar-refractivity contribution in [3.8, 4) is 0 Å². The maximum absolute atomic E-state index is 11.9. The number of amides is 1. The van der Waals surface area contributed by atoms with Crippen LogP contribution in [0.2, 0.25) is 0 Å². The zero-order valence-corrected chi connectivity index (χ0v) is 11.5. The molecule has 1 amide bonds. The zero-order valence-electron chi connectivity index (χ0n) is 11.5. The van der Waals surface area contributed by atoms with Crippen LogP contribution >= 0.6 is 0 Å². The highest BCUT2D eigenvalue weighted by Crippen LogP contribution is 2.08. The van der Waals surface area contributed by atoms with Gasteiger partial charge in [0.1, 0.15) is 0 Å². The Hall–Kier alpha value is -1.47. The Kier molecular flexibility index (Phi) is 4.49. The summed E-state index contributed by atoms with van der Waals surface area (Å²) in [7, 11) is 0. The van der Waals surface area contributed by atoms with Crippen molar-refractivity contribution in [1.82, 2.24) is 19.9 Å². The Labute approximate surface area is 112 Å². The molecule has 1 fully saturated rings. The van der Waals surface area contributed by atoms with Crippen molar-refractivity contribution in [2.75, 3.05) is 26.2 Å². The van der Waals surface area contributed by atoms with Gasteiger partial charge in [-0.1, -0.05) is 5.16 Å². The van der Waals surface area contributed by atoms with E-state index in [1.807, 2.05) is 11.8 Å². The van der Waals surface area contributed by atoms with Crippen molar-refractivity contribution in [2.24, 2.45) is 5.73 Å². The minimum Gasteiger partial charge on any atom is -0.340 e. The Morgan fingerprint density at radius 1 is 1.42 bits per heavy atom. The Balaban J connectivity index is 1.77. The van der Waals surface area contributed by atoms with E-state index < -0.39 is 0 Å². The predicted molar refractivity (Wildman–Crippen MR) is 69.2 cm³/mol. The molecular formula is C12H21N5O2. The van der Waals surface area contributed by atoms with Crippen LogP contribution in [0.1, 0.15) is 25.1 Å². The molecule has 2 rings (SSSR count). The van der Waals surface area contributed by atoms with Gasteiger partial charge in [0.15, 0.2) is 5.82 Å². The van der Waals surface area contributed by atoms with Gasteiger partial charge in [-0.25, -0.2) is 0 Å². The van der Waals surface area contributed by atoms with Crippen molar-refractivity contribution in [3.05, 3.63) is 11.7 Å². The van der Waals surface area contributed by atoms with Gasteiger partial charge in [-0.2, -0.15) is 4.98 Å². The highest BCUT2D eigenvalue weighted by molar-refractivity contribution is 5.76. The molecule has 1 unspecified atom stereocenters. The molecule has 2 N–H and O–H groups in total. The average Bonchev–Trinajstić information content (AvgIpc) is 2.75. The van der Waals surface area contributed by atoms with Gasteiger partial charge in [0, 0.05) is 45.6 Å². The lowest BCUT2D eigenvalue weighted by Gasteiger charge is -2.34. The molecule has 0 aromatic carbocycles. The minimum absolute atomic E-state index is 0.0761. The fourth-order valence-electron chi connectivity index (χ4n) is 2.17. The zero-order chi connectivity index (χ0) is 13.8. The van der Waals surface area contributed by atoms with E-state index in [1.165, 1.54) is 0 Å². The van der Waals surface area contributed by atoms with Crippen molar-refractivity contribution in [2.45, 2.75) is 32.9 Å². The van der Waals surface area contributed by atoms with E-state index in [4.69, 9.17) is 10.3 Å². The molecule has 1 atom stereocenters. The van der Waals surface area contributed by atoms with Gasteiger partial charge < -0.3 is 15.2 Å². The quantitative estimate of drug-likeness (QED) is 0.810.